The molecule has 2 aromatic rings. The lowest BCUT2D eigenvalue weighted by Gasteiger charge is -2.08. The lowest BCUT2D eigenvalue weighted by atomic mass is 10.3. The van der Waals surface area contributed by atoms with Gasteiger partial charge in [0, 0.05) is 10.9 Å². The molecule has 2 N–H and O–H groups in total. The van der Waals surface area contributed by atoms with E-state index in [2.05, 4.69) is 29.6 Å². The number of non-ortho nitro benzene ring substituents is 1. The van der Waals surface area contributed by atoms with Gasteiger partial charge in [0.1, 0.15) is 0 Å². The number of nitro benzene ring substituents is 1. The number of nitro groups is 1. The van der Waals surface area contributed by atoms with Gasteiger partial charge in [0.05, 0.1) is 17.5 Å². The first-order valence-electron chi connectivity index (χ1n) is 7.22. The van der Waals surface area contributed by atoms with Gasteiger partial charge in [-0.25, -0.2) is 4.73 Å². The molecular formula is C13H21ClN6O4. The molecule has 0 saturated heterocycles. The first kappa shape index (κ1) is 21.5. The van der Waals surface area contributed by atoms with Crippen LogP contribution in [0.4, 0.5) is 11.6 Å². The van der Waals surface area contributed by atoms with Crippen LogP contribution in [-0.2, 0) is 0 Å². The van der Waals surface area contributed by atoms with Gasteiger partial charge in [-0.3, -0.25) is 15.4 Å². The third-order valence-corrected chi connectivity index (χ3v) is 2.81. The zero-order chi connectivity index (χ0) is 17.4. The highest BCUT2D eigenvalue weighted by atomic mass is 35.5. The molecule has 0 saturated carbocycles. The second-order valence-corrected chi connectivity index (χ2v) is 4.41. The third kappa shape index (κ3) is 5.32. The number of fused-ring (bicyclic) bond motifs is 1. The van der Waals surface area contributed by atoms with Crippen molar-refractivity contribution in [3.8, 4) is 0 Å². The fraction of sp³-hybridized carbons (Fsp3) is 0.462. The Labute approximate surface area is 145 Å². The van der Waals surface area contributed by atoms with Crippen molar-refractivity contribution < 1.29 is 14.5 Å². The number of hydrogen-bond acceptors (Lipinski definition) is 7. The minimum Gasteiger partial charge on any atom is -0.739 e. The molecule has 0 aliphatic rings. The van der Waals surface area contributed by atoms with Gasteiger partial charge in [0.15, 0.2) is 5.52 Å². The Morgan fingerprint density at radius 1 is 1.12 bits per heavy atom. The highest BCUT2D eigenvalue weighted by Crippen LogP contribution is 2.15. The Bertz CT molecular complexity index is 683. The van der Waals surface area contributed by atoms with E-state index in [1.807, 2.05) is 0 Å². The van der Waals surface area contributed by atoms with E-state index in [1.165, 1.54) is 6.07 Å². The number of benzene rings is 1. The van der Waals surface area contributed by atoms with Crippen molar-refractivity contribution in [2.75, 3.05) is 25.0 Å². The van der Waals surface area contributed by atoms with Gasteiger partial charge >= 0.3 is 11.5 Å². The van der Waals surface area contributed by atoms with Gasteiger partial charge in [-0.1, -0.05) is 13.8 Å². The molecule has 10 nitrogen and oxygen atoms in total. The summed E-state index contributed by atoms with van der Waals surface area (Å²) in [5, 5.41) is 43.2. The predicted octanol–water partition coefficient (Wildman–Crippen LogP) is 0.879. The van der Waals surface area contributed by atoms with Gasteiger partial charge < -0.3 is 15.7 Å². The van der Waals surface area contributed by atoms with Crippen LogP contribution in [0.5, 0.6) is 0 Å². The molecule has 11 heteroatoms. The summed E-state index contributed by atoms with van der Waals surface area (Å²) in [7, 11) is 0. The number of hydrogen-bond donors (Lipinski definition) is 2. The maximum atomic E-state index is 11.8. The van der Waals surface area contributed by atoms with Crippen LogP contribution in [0, 0.1) is 20.5 Å². The number of nitrogens with one attached hydrogen (secondary N) is 2. The summed E-state index contributed by atoms with van der Waals surface area (Å²) in [6.07, 6.45) is 0. The van der Waals surface area contributed by atoms with Crippen molar-refractivity contribution in [1.82, 2.24) is 10.4 Å². The smallest absolute Gasteiger partial charge is 0.460 e. The van der Waals surface area contributed by atoms with Crippen LogP contribution in [0.15, 0.2) is 18.2 Å². The summed E-state index contributed by atoms with van der Waals surface area (Å²) in [5.74, 6) is -0.145. The van der Waals surface area contributed by atoms with Crippen LogP contribution in [0.3, 0.4) is 0 Å². The van der Waals surface area contributed by atoms with Gasteiger partial charge in [-0.15, -0.1) is 12.4 Å². The molecule has 134 valence electrons. The summed E-state index contributed by atoms with van der Waals surface area (Å²) in [6.45, 7) is 8.56. The molecule has 0 amide bonds. The van der Waals surface area contributed by atoms with Gasteiger partial charge in [0.25, 0.3) is 5.69 Å². The lowest BCUT2D eigenvalue weighted by molar-refractivity contribution is -0.672. The number of aromatic nitrogens is 3. The molecule has 24 heavy (non-hydrogen) atoms. The molecule has 0 aliphatic heterocycles. The van der Waals surface area contributed by atoms with Crippen molar-refractivity contribution >= 4 is 35.1 Å². The van der Waals surface area contributed by atoms with E-state index in [0.29, 0.717) is 11.3 Å². The highest BCUT2D eigenvalue weighted by Gasteiger charge is 2.22. The maximum absolute atomic E-state index is 11.8. The van der Waals surface area contributed by atoms with E-state index in [-0.39, 0.29) is 39.9 Å². The lowest BCUT2D eigenvalue weighted by Crippen LogP contribution is -2.44. The minimum atomic E-state index is -0.646. The molecule has 0 unspecified atom stereocenters. The Hall–Kier alpha value is -2.46. The second kappa shape index (κ2) is 10.3. The molecule has 0 fully saturated rings. The van der Waals surface area contributed by atoms with Gasteiger partial charge in [-0.2, -0.15) is 0 Å². The zero-order valence-corrected chi connectivity index (χ0v) is 14.5. The fourth-order valence-electron chi connectivity index (χ4n) is 1.76. The minimum absolute atomic E-state index is 0. The quantitative estimate of drug-likeness (QED) is 0.349. The van der Waals surface area contributed by atoms with E-state index in [4.69, 9.17) is 0 Å². The van der Waals surface area contributed by atoms with Crippen molar-refractivity contribution in [2.45, 2.75) is 20.8 Å². The largest absolute Gasteiger partial charge is 0.739 e. The highest BCUT2D eigenvalue weighted by molar-refractivity contribution is 5.85. The van der Waals surface area contributed by atoms with E-state index >= 15 is 0 Å². The van der Waals surface area contributed by atoms with Crippen molar-refractivity contribution in [2.24, 2.45) is 0 Å². The molecular weight excluding hydrogens is 340 g/mol. The summed E-state index contributed by atoms with van der Waals surface area (Å²) in [5.41, 5.74) is -0.410. The SMILES string of the molecule is CCNCC.CCNc1n[n+]([O-])c2cc([N+](=O)[O-])ccc2[n+]1[O-].Cl. The van der Waals surface area contributed by atoms with Gasteiger partial charge in [0.2, 0.25) is 5.10 Å². The molecule has 1 aromatic carbocycles. The normalized spacial score (nSPS) is 9.62. The van der Waals surface area contributed by atoms with E-state index in [0.717, 1.165) is 25.2 Å². The van der Waals surface area contributed by atoms with E-state index < -0.39 is 4.92 Å². The Morgan fingerprint density at radius 3 is 2.21 bits per heavy atom. The molecule has 1 aromatic heterocycles. The van der Waals surface area contributed by atoms with Crippen LogP contribution in [0.25, 0.3) is 11.0 Å². The number of nitrogens with zero attached hydrogens (tertiary/aromatic N) is 4. The molecule has 0 spiro atoms. The predicted molar refractivity (Wildman–Crippen MR) is 91.9 cm³/mol. The standard InChI is InChI=1S/C9H9N5O4.C4H11N.ClH/c1-2-10-9-11-13(16)8-5-6(14(17)18)3-4-7(8)12(9)15;1-3-5-4-2;/h3-5H,2H2,1H3,(H,10,11);5H,3-4H2,1-2H3;1H. The fourth-order valence-corrected chi connectivity index (χ4v) is 1.76. The number of halogens is 1. The second-order valence-electron chi connectivity index (χ2n) is 4.41. The average molecular weight is 361 g/mol. The summed E-state index contributed by atoms with van der Waals surface area (Å²) in [6, 6.07) is 3.39. The average Bonchev–Trinajstić information content (AvgIpc) is 2.53. The monoisotopic (exact) mass is 360 g/mol. The van der Waals surface area contributed by atoms with Crippen LogP contribution < -0.4 is 20.2 Å². The molecule has 0 bridgehead atoms. The van der Waals surface area contributed by atoms with E-state index in [1.54, 1.807) is 6.92 Å². The van der Waals surface area contributed by atoms with Crippen LogP contribution >= 0.6 is 12.4 Å². The van der Waals surface area contributed by atoms with E-state index in [9.17, 15) is 20.5 Å². The first-order valence-corrected chi connectivity index (χ1v) is 7.22. The maximum Gasteiger partial charge on any atom is 0.460 e. The van der Waals surface area contributed by atoms with Gasteiger partial charge in [-0.05, 0) is 26.1 Å². The molecule has 0 radical (unpaired) electrons. The van der Waals surface area contributed by atoms with Crippen molar-refractivity contribution in [3.63, 3.8) is 0 Å². The summed E-state index contributed by atoms with van der Waals surface area (Å²) in [4.78, 5) is 10.1. The third-order valence-electron chi connectivity index (χ3n) is 2.81. The summed E-state index contributed by atoms with van der Waals surface area (Å²) >= 11 is 0. The molecule has 2 rings (SSSR count). The molecule has 0 atom stereocenters. The van der Waals surface area contributed by atoms with Crippen LogP contribution in [-0.4, -0.2) is 29.7 Å². The zero-order valence-electron chi connectivity index (χ0n) is 13.7. The number of rotatable bonds is 5. The molecule has 1 heterocycles. The Morgan fingerprint density at radius 2 is 1.75 bits per heavy atom. The Balaban J connectivity index is 0.000000777. The Kier molecular flexibility index (Phi) is 9.28. The van der Waals surface area contributed by atoms with Crippen LogP contribution in [0.2, 0.25) is 0 Å². The topological polar surface area (TPSA) is 134 Å². The first-order chi connectivity index (χ1) is 11.0. The number of anilines is 1. The van der Waals surface area contributed by atoms with Crippen molar-refractivity contribution in [1.29, 1.82) is 0 Å². The van der Waals surface area contributed by atoms with Crippen LogP contribution in [0.1, 0.15) is 20.8 Å². The summed E-state index contributed by atoms with van der Waals surface area (Å²) < 4.78 is 0.428. The van der Waals surface area contributed by atoms with Crippen molar-refractivity contribution in [3.05, 3.63) is 38.7 Å². The molecule has 0 aliphatic carbocycles.